The van der Waals surface area contributed by atoms with E-state index in [0.717, 1.165) is 11.1 Å². The largest absolute Gasteiger partial charge is 0.496 e. The van der Waals surface area contributed by atoms with Crippen LogP contribution in [0.1, 0.15) is 34.5 Å². The molecule has 2 aliphatic rings. The molecule has 0 aliphatic carbocycles. The minimum Gasteiger partial charge on any atom is -0.496 e. The van der Waals surface area contributed by atoms with Crippen molar-refractivity contribution >= 4 is 11.8 Å². The first-order valence-electron chi connectivity index (χ1n) is 9.85. The number of carbonyl (C=O) groups excluding carboxylic acids is 2. The molecule has 2 amide bonds. The zero-order valence-electron chi connectivity index (χ0n) is 16.9. The summed E-state index contributed by atoms with van der Waals surface area (Å²) in [6, 6.07) is 11.7. The summed E-state index contributed by atoms with van der Waals surface area (Å²) in [7, 11) is 1.59. The molecular formula is C23H25FN2O3. The smallest absolute Gasteiger partial charge is 0.254 e. The van der Waals surface area contributed by atoms with E-state index in [-0.39, 0.29) is 35.5 Å². The summed E-state index contributed by atoms with van der Waals surface area (Å²) in [5.74, 6) is 0.600. The van der Waals surface area contributed by atoms with Gasteiger partial charge in [-0.3, -0.25) is 9.59 Å². The molecule has 5 nitrogen and oxygen atoms in total. The van der Waals surface area contributed by atoms with Gasteiger partial charge in [0.2, 0.25) is 5.91 Å². The lowest BCUT2D eigenvalue weighted by molar-refractivity contribution is -0.130. The van der Waals surface area contributed by atoms with Crippen LogP contribution >= 0.6 is 0 Å². The zero-order valence-corrected chi connectivity index (χ0v) is 16.9. The molecule has 2 saturated heterocycles. The van der Waals surface area contributed by atoms with E-state index in [0.29, 0.717) is 30.9 Å². The summed E-state index contributed by atoms with van der Waals surface area (Å²) < 4.78 is 19.2. The highest BCUT2D eigenvalue weighted by Gasteiger charge is 2.49. The molecule has 4 rings (SSSR count). The van der Waals surface area contributed by atoms with Crippen LogP contribution in [0.4, 0.5) is 4.39 Å². The first-order valence-corrected chi connectivity index (χ1v) is 9.85. The number of aryl methyl sites for hydroxylation is 1. The summed E-state index contributed by atoms with van der Waals surface area (Å²) in [5.41, 5.74) is 2.36. The molecule has 0 N–H and O–H groups in total. The Balaban J connectivity index is 1.59. The molecule has 2 fully saturated rings. The maximum atomic E-state index is 13.8. The van der Waals surface area contributed by atoms with E-state index in [2.05, 4.69) is 0 Å². The third kappa shape index (κ3) is 3.48. The maximum Gasteiger partial charge on any atom is 0.254 e. The summed E-state index contributed by atoms with van der Waals surface area (Å²) in [6.45, 7) is 5.21. The van der Waals surface area contributed by atoms with E-state index < -0.39 is 0 Å². The highest BCUT2D eigenvalue weighted by atomic mass is 19.1. The van der Waals surface area contributed by atoms with Crippen molar-refractivity contribution in [2.45, 2.75) is 19.9 Å². The molecular weight excluding hydrogens is 371 g/mol. The topological polar surface area (TPSA) is 49.9 Å². The fourth-order valence-electron chi connectivity index (χ4n) is 4.79. The second-order valence-corrected chi connectivity index (χ2v) is 7.99. The standard InChI is InChI=1S/C23H25FN2O3/c1-14-7-8-17(10-21(14)29-3)23(28)25-11-18-12-26(15(2)27)22(20(18)13-25)16-5-4-6-19(24)9-16/h4-10,18,20,22H,11-13H2,1-3H3/t18-,20-,22+/m1/s1. The molecule has 0 radical (unpaired) electrons. The molecule has 29 heavy (non-hydrogen) atoms. The number of benzene rings is 2. The number of rotatable bonds is 3. The van der Waals surface area contributed by atoms with Gasteiger partial charge in [-0.2, -0.15) is 0 Å². The van der Waals surface area contributed by atoms with Gasteiger partial charge in [-0.1, -0.05) is 18.2 Å². The number of amides is 2. The van der Waals surface area contributed by atoms with Gasteiger partial charge in [0.05, 0.1) is 13.2 Å². The molecule has 3 atom stereocenters. The van der Waals surface area contributed by atoms with Crippen LogP contribution in [0.5, 0.6) is 5.75 Å². The first kappa shape index (κ1) is 19.4. The average molecular weight is 396 g/mol. The average Bonchev–Trinajstić information content (AvgIpc) is 3.25. The van der Waals surface area contributed by atoms with Crippen molar-refractivity contribution in [3.8, 4) is 5.75 Å². The van der Waals surface area contributed by atoms with Crippen LogP contribution in [-0.4, -0.2) is 48.4 Å². The Bertz CT molecular complexity index is 961. The van der Waals surface area contributed by atoms with E-state index in [1.54, 1.807) is 26.2 Å². The van der Waals surface area contributed by atoms with Gasteiger partial charge in [-0.25, -0.2) is 4.39 Å². The Labute approximate surface area is 170 Å². The molecule has 0 bridgehead atoms. The van der Waals surface area contributed by atoms with Crippen molar-refractivity contribution in [2.24, 2.45) is 11.8 Å². The van der Waals surface area contributed by atoms with Gasteiger partial charge in [0, 0.05) is 44.0 Å². The van der Waals surface area contributed by atoms with Crippen molar-refractivity contribution in [3.05, 3.63) is 65.0 Å². The van der Waals surface area contributed by atoms with E-state index in [1.807, 2.05) is 34.9 Å². The number of methoxy groups -OCH3 is 1. The second kappa shape index (κ2) is 7.50. The van der Waals surface area contributed by atoms with Crippen LogP contribution in [0, 0.1) is 24.6 Å². The van der Waals surface area contributed by atoms with Crippen LogP contribution in [0.15, 0.2) is 42.5 Å². The van der Waals surface area contributed by atoms with E-state index in [9.17, 15) is 14.0 Å². The Morgan fingerprint density at radius 1 is 1.10 bits per heavy atom. The van der Waals surface area contributed by atoms with Gasteiger partial charge in [0.25, 0.3) is 5.91 Å². The molecule has 0 unspecified atom stereocenters. The van der Waals surface area contributed by atoms with Crippen LogP contribution in [0.25, 0.3) is 0 Å². The SMILES string of the molecule is COc1cc(C(=O)N2C[C@@H]3CN(C(C)=O)[C@@H](c4cccc(F)c4)[C@@H]3C2)ccc1C. The van der Waals surface area contributed by atoms with Crippen molar-refractivity contribution < 1.29 is 18.7 Å². The monoisotopic (exact) mass is 396 g/mol. The van der Waals surface area contributed by atoms with Crippen molar-refractivity contribution in [1.29, 1.82) is 0 Å². The predicted octanol–water partition coefficient (Wildman–Crippen LogP) is 3.43. The van der Waals surface area contributed by atoms with Gasteiger partial charge in [0.15, 0.2) is 0 Å². The number of carbonyl (C=O) groups is 2. The number of likely N-dealkylation sites (tertiary alicyclic amines) is 2. The molecule has 2 aromatic carbocycles. The van der Waals surface area contributed by atoms with E-state index >= 15 is 0 Å². The zero-order chi connectivity index (χ0) is 20.7. The number of ether oxygens (including phenoxy) is 1. The minimum atomic E-state index is -0.313. The Morgan fingerprint density at radius 3 is 2.59 bits per heavy atom. The fraction of sp³-hybridized carbons (Fsp3) is 0.391. The summed E-state index contributed by atoms with van der Waals surface area (Å²) in [6.07, 6.45) is 0. The number of hydrogen-bond donors (Lipinski definition) is 0. The highest BCUT2D eigenvalue weighted by Crippen LogP contribution is 2.45. The van der Waals surface area contributed by atoms with Crippen LogP contribution < -0.4 is 4.74 Å². The molecule has 152 valence electrons. The van der Waals surface area contributed by atoms with Crippen LogP contribution in [-0.2, 0) is 4.79 Å². The minimum absolute atomic E-state index is 0.0187. The highest BCUT2D eigenvalue weighted by molar-refractivity contribution is 5.95. The lowest BCUT2D eigenvalue weighted by Crippen LogP contribution is -2.36. The molecule has 2 aromatic rings. The van der Waals surface area contributed by atoms with Crippen molar-refractivity contribution in [2.75, 3.05) is 26.7 Å². The number of fused-ring (bicyclic) bond motifs is 1. The maximum absolute atomic E-state index is 13.8. The van der Waals surface area contributed by atoms with Crippen LogP contribution in [0.2, 0.25) is 0 Å². The molecule has 0 spiro atoms. The first-order chi connectivity index (χ1) is 13.9. The van der Waals surface area contributed by atoms with E-state index in [1.165, 1.54) is 12.1 Å². The van der Waals surface area contributed by atoms with Gasteiger partial charge in [-0.05, 0) is 42.3 Å². The number of halogens is 1. The second-order valence-electron chi connectivity index (χ2n) is 7.99. The van der Waals surface area contributed by atoms with Crippen molar-refractivity contribution in [1.82, 2.24) is 9.80 Å². The molecule has 0 aromatic heterocycles. The third-order valence-electron chi connectivity index (χ3n) is 6.20. The fourth-order valence-corrected chi connectivity index (χ4v) is 4.79. The van der Waals surface area contributed by atoms with Gasteiger partial charge >= 0.3 is 0 Å². The third-order valence-corrected chi connectivity index (χ3v) is 6.20. The summed E-state index contributed by atoms with van der Waals surface area (Å²) >= 11 is 0. The molecule has 0 saturated carbocycles. The van der Waals surface area contributed by atoms with Gasteiger partial charge < -0.3 is 14.5 Å². The predicted molar refractivity (Wildman–Crippen MR) is 107 cm³/mol. The van der Waals surface area contributed by atoms with Gasteiger partial charge in [0.1, 0.15) is 11.6 Å². The van der Waals surface area contributed by atoms with Gasteiger partial charge in [-0.15, -0.1) is 0 Å². The summed E-state index contributed by atoms with van der Waals surface area (Å²) in [4.78, 5) is 29.0. The molecule has 2 heterocycles. The molecule has 2 aliphatic heterocycles. The normalized spacial score (nSPS) is 23.2. The Morgan fingerprint density at radius 2 is 1.90 bits per heavy atom. The number of hydrogen-bond acceptors (Lipinski definition) is 3. The van der Waals surface area contributed by atoms with Crippen LogP contribution in [0.3, 0.4) is 0 Å². The number of nitrogens with zero attached hydrogens (tertiary/aromatic N) is 2. The lowest BCUT2D eigenvalue weighted by Gasteiger charge is -2.29. The van der Waals surface area contributed by atoms with Crippen molar-refractivity contribution in [3.63, 3.8) is 0 Å². The lowest BCUT2D eigenvalue weighted by atomic mass is 9.89. The quantitative estimate of drug-likeness (QED) is 0.799. The van der Waals surface area contributed by atoms with E-state index in [4.69, 9.17) is 4.74 Å². The Kier molecular flexibility index (Phi) is 5.03. The Hall–Kier alpha value is -2.89. The summed E-state index contributed by atoms with van der Waals surface area (Å²) in [5, 5.41) is 0. The molecule has 6 heteroatoms.